The fraction of sp³-hybridized carbons (Fsp3) is 0.280. The van der Waals surface area contributed by atoms with Crippen LogP contribution in [0.1, 0.15) is 43.4 Å². The van der Waals surface area contributed by atoms with Crippen molar-refractivity contribution in [1.29, 1.82) is 0 Å². The molecule has 0 unspecified atom stereocenters. The third kappa shape index (κ3) is 6.14. The molecule has 3 aromatic rings. The highest BCUT2D eigenvalue weighted by atomic mass is 16.5. The van der Waals surface area contributed by atoms with Gasteiger partial charge in [0, 0.05) is 23.8 Å². The van der Waals surface area contributed by atoms with Crippen molar-refractivity contribution in [3.8, 4) is 11.3 Å². The fourth-order valence-electron chi connectivity index (χ4n) is 2.79. The third-order valence-electron chi connectivity index (χ3n) is 4.77. The van der Waals surface area contributed by atoms with Crippen LogP contribution < -0.4 is 5.32 Å². The van der Waals surface area contributed by atoms with Crippen LogP contribution in [0.5, 0.6) is 0 Å². The lowest BCUT2D eigenvalue weighted by atomic mass is 9.91. The van der Waals surface area contributed by atoms with Gasteiger partial charge in [0.05, 0.1) is 17.4 Å². The average molecular weight is 434 g/mol. The maximum atomic E-state index is 12.4. The number of hydrogen-bond donors (Lipinski definition) is 1. The number of amides is 1. The molecule has 0 radical (unpaired) electrons. The Bertz CT molecular complexity index is 1100. The number of nitrogens with zero attached hydrogens (tertiary/aromatic N) is 1. The molecule has 3 rings (SSSR count). The molecule has 1 amide bonds. The molecular weight excluding hydrogens is 408 g/mol. The lowest BCUT2D eigenvalue weighted by Crippen LogP contribution is -2.26. The SMILES string of the molecule is CC(C)(C)C(=O)COC(=O)c1ccccc1NC(=O)CCc1ncc(-c2ccccc2)o1. The molecule has 0 fully saturated rings. The number of ketones is 1. The summed E-state index contributed by atoms with van der Waals surface area (Å²) in [6, 6.07) is 16.1. The molecule has 0 aliphatic rings. The number of carbonyl (C=O) groups excluding carboxylic acids is 3. The molecule has 7 heteroatoms. The smallest absolute Gasteiger partial charge is 0.340 e. The van der Waals surface area contributed by atoms with Crippen molar-refractivity contribution in [2.24, 2.45) is 5.41 Å². The Morgan fingerprint density at radius 3 is 2.41 bits per heavy atom. The Hall–Kier alpha value is -3.74. The first-order valence-corrected chi connectivity index (χ1v) is 10.3. The number of para-hydroxylation sites is 1. The Morgan fingerprint density at radius 1 is 1.00 bits per heavy atom. The van der Waals surface area contributed by atoms with Crippen LogP contribution in [0.3, 0.4) is 0 Å². The molecular formula is C25H26N2O5. The fourth-order valence-corrected chi connectivity index (χ4v) is 2.79. The van der Waals surface area contributed by atoms with Gasteiger partial charge >= 0.3 is 5.97 Å². The minimum absolute atomic E-state index is 0.126. The van der Waals surface area contributed by atoms with E-state index < -0.39 is 11.4 Å². The van der Waals surface area contributed by atoms with Crippen LogP contribution >= 0.6 is 0 Å². The molecule has 0 atom stereocenters. The lowest BCUT2D eigenvalue weighted by molar-refractivity contribution is -0.129. The van der Waals surface area contributed by atoms with Crippen LogP contribution in [0.15, 0.2) is 65.2 Å². The summed E-state index contributed by atoms with van der Waals surface area (Å²) in [5, 5.41) is 2.72. The number of hydrogen-bond acceptors (Lipinski definition) is 6. The van der Waals surface area contributed by atoms with Crippen molar-refractivity contribution in [2.45, 2.75) is 33.6 Å². The summed E-state index contributed by atoms with van der Waals surface area (Å²) >= 11 is 0. The minimum Gasteiger partial charge on any atom is -0.454 e. The maximum absolute atomic E-state index is 12.4. The quantitative estimate of drug-likeness (QED) is 0.517. The van der Waals surface area contributed by atoms with E-state index in [9.17, 15) is 14.4 Å². The van der Waals surface area contributed by atoms with Crippen LogP contribution in [-0.4, -0.2) is 29.3 Å². The highest BCUT2D eigenvalue weighted by molar-refractivity contribution is 6.02. The van der Waals surface area contributed by atoms with E-state index in [1.54, 1.807) is 51.2 Å². The molecule has 0 spiro atoms. The van der Waals surface area contributed by atoms with Crippen LogP contribution in [-0.2, 0) is 20.7 Å². The number of esters is 1. The molecule has 0 aliphatic carbocycles. The molecule has 0 saturated heterocycles. The second kappa shape index (κ2) is 10.0. The first kappa shape index (κ1) is 22.9. The van der Waals surface area contributed by atoms with Crippen molar-refractivity contribution in [1.82, 2.24) is 4.98 Å². The topological polar surface area (TPSA) is 98.5 Å². The first-order valence-electron chi connectivity index (χ1n) is 10.3. The molecule has 0 aliphatic heterocycles. The van der Waals surface area contributed by atoms with E-state index in [0.717, 1.165) is 5.56 Å². The number of carbonyl (C=O) groups is 3. The number of ether oxygens (including phenoxy) is 1. The highest BCUT2D eigenvalue weighted by Gasteiger charge is 2.23. The monoisotopic (exact) mass is 434 g/mol. The van der Waals surface area contributed by atoms with Gasteiger partial charge in [0.15, 0.2) is 24.0 Å². The summed E-state index contributed by atoms with van der Waals surface area (Å²) in [6.07, 6.45) is 2.07. The van der Waals surface area contributed by atoms with E-state index in [2.05, 4.69) is 10.3 Å². The first-order chi connectivity index (χ1) is 15.2. The largest absolute Gasteiger partial charge is 0.454 e. The molecule has 0 saturated carbocycles. The van der Waals surface area contributed by atoms with Gasteiger partial charge in [-0.05, 0) is 12.1 Å². The van der Waals surface area contributed by atoms with Gasteiger partial charge in [-0.1, -0.05) is 63.2 Å². The number of benzene rings is 2. The minimum atomic E-state index is -0.668. The van der Waals surface area contributed by atoms with Crippen LogP contribution in [0.25, 0.3) is 11.3 Å². The van der Waals surface area contributed by atoms with E-state index >= 15 is 0 Å². The summed E-state index contributed by atoms with van der Waals surface area (Å²) in [4.78, 5) is 41.1. The number of nitrogens with one attached hydrogen (secondary N) is 1. The van der Waals surface area contributed by atoms with E-state index in [1.807, 2.05) is 30.3 Å². The van der Waals surface area contributed by atoms with Gasteiger partial charge in [0.25, 0.3) is 0 Å². The molecule has 1 N–H and O–H groups in total. The van der Waals surface area contributed by atoms with Gasteiger partial charge in [-0.15, -0.1) is 0 Å². The number of aromatic nitrogens is 1. The number of rotatable bonds is 8. The summed E-state index contributed by atoms with van der Waals surface area (Å²) in [6.45, 7) is 4.95. The maximum Gasteiger partial charge on any atom is 0.340 e. The van der Waals surface area contributed by atoms with Crippen molar-refractivity contribution in [2.75, 3.05) is 11.9 Å². The van der Waals surface area contributed by atoms with Gasteiger partial charge < -0.3 is 14.5 Å². The normalized spacial score (nSPS) is 11.1. The molecule has 1 aromatic heterocycles. The highest BCUT2D eigenvalue weighted by Crippen LogP contribution is 2.21. The van der Waals surface area contributed by atoms with Crippen molar-refractivity contribution in [3.63, 3.8) is 0 Å². The Morgan fingerprint density at radius 2 is 1.69 bits per heavy atom. The zero-order valence-corrected chi connectivity index (χ0v) is 18.4. The second-order valence-corrected chi connectivity index (χ2v) is 8.33. The van der Waals surface area contributed by atoms with Crippen LogP contribution in [0.2, 0.25) is 0 Å². The van der Waals surface area contributed by atoms with E-state index in [1.165, 1.54) is 0 Å². The van der Waals surface area contributed by atoms with Gasteiger partial charge in [-0.2, -0.15) is 0 Å². The van der Waals surface area contributed by atoms with E-state index in [-0.39, 0.29) is 30.3 Å². The molecule has 1 heterocycles. The summed E-state index contributed by atoms with van der Waals surface area (Å²) in [7, 11) is 0. The third-order valence-corrected chi connectivity index (χ3v) is 4.77. The van der Waals surface area contributed by atoms with E-state index in [4.69, 9.17) is 9.15 Å². The molecule has 7 nitrogen and oxygen atoms in total. The van der Waals surface area contributed by atoms with Gasteiger partial charge in [0.1, 0.15) is 0 Å². The van der Waals surface area contributed by atoms with Gasteiger partial charge in [-0.3, -0.25) is 9.59 Å². The number of aryl methyl sites for hydroxylation is 1. The number of anilines is 1. The van der Waals surface area contributed by atoms with Crippen LogP contribution in [0, 0.1) is 5.41 Å². The summed E-state index contributed by atoms with van der Waals surface area (Å²) in [5.74, 6) is -0.0614. The lowest BCUT2D eigenvalue weighted by Gasteiger charge is -2.16. The molecule has 32 heavy (non-hydrogen) atoms. The predicted molar refractivity (Wildman–Crippen MR) is 120 cm³/mol. The second-order valence-electron chi connectivity index (χ2n) is 8.33. The van der Waals surface area contributed by atoms with Crippen molar-refractivity contribution < 1.29 is 23.5 Å². The standard InChI is InChI=1S/C25H26N2O5/c1-25(2,3)21(28)16-31-24(30)18-11-7-8-12-19(18)27-22(29)13-14-23-26-15-20(32-23)17-9-5-4-6-10-17/h4-12,15H,13-14,16H2,1-3H3,(H,27,29). The van der Waals surface area contributed by atoms with E-state index in [0.29, 0.717) is 23.8 Å². The summed E-state index contributed by atoms with van der Waals surface area (Å²) < 4.78 is 10.9. The molecule has 0 bridgehead atoms. The predicted octanol–water partition coefficient (Wildman–Crippen LogP) is 4.68. The van der Waals surface area contributed by atoms with Gasteiger partial charge in [-0.25, -0.2) is 9.78 Å². The average Bonchev–Trinajstić information content (AvgIpc) is 3.25. The molecule has 166 valence electrons. The Kier molecular flexibility index (Phi) is 7.20. The summed E-state index contributed by atoms with van der Waals surface area (Å²) in [5.41, 5.74) is 0.815. The Labute approximate surface area is 186 Å². The molecule has 2 aromatic carbocycles. The van der Waals surface area contributed by atoms with Crippen molar-refractivity contribution >= 4 is 23.3 Å². The number of Topliss-reactive ketones (excluding diaryl/α,β-unsaturated/α-hetero) is 1. The van der Waals surface area contributed by atoms with Crippen molar-refractivity contribution in [3.05, 3.63) is 72.2 Å². The number of oxazole rings is 1. The zero-order chi connectivity index (χ0) is 23.1. The van der Waals surface area contributed by atoms with Gasteiger partial charge in [0.2, 0.25) is 5.91 Å². The van der Waals surface area contributed by atoms with Crippen LogP contribution in [0.4, 0.5) is 5.69 Å². The Balaban J connectivity index is 1.57. The zero-order valence-electron chi connectivity index (χ0n) is 18.4.